The summed E-state index contributed by atoms with van der Waals surface area (Å²) in [5.41, 5.74) is 4.15. The minimum absolute atomic E-state index is 0.234. The molecular formula is C22H26FN3O. The maximum atomic E-state index is 13.9. The van der Waals surface area contributed by atoms with Crippen LogP contribution >= 0.6 is 0 Å². The van der Waals surface area contributed by atoms with Gasteiger partial charge in [0.25, 0.3) is 0 Å². The average molecular weight is 367 g/mol. The Bertz CT molecular complexity index is 965. The van der Waals surface area contributed by atoms with E-state index in [1.54, 1.807) is 12.4 Å². The zero-order valence-electron chi connectivity index (χ0n) is 16.1. The highest BCUT2D eigenvalue weighted by atomic mass is 19.1. The summed E-state index contributed by atoms with van der Waals surface area (Å²) in [5, 5.41) is 12.3. The summed E-state index contributed by atoms with van der Waals surface area (Å²) in [4.78, 5) is 6.24. The molecule has 5 heteroatoms. The van der Waals surface area contributed by atoms with Crippen molar-refractivity contribution in [3.63, 3.8) is 0 Å². The molecule has 1 aliphatic rings. The van der Waals surface area contributed by atoms with Crippen molar-refractivity contribution in [1.29, 1.82) is 0 Å². The average Bonchev–Trinajstić information content (AvgIpc) is 2.95. The molecule has 0 radical (unpaired) electrons. The van der Waals surface area contributed by atoms with E-state index in [4.69, 9.17) is 0 Å². The van der Waals surface area contributed by atoms with Crippen LogP contribution in [0.25, 0.3) is 10.9 Å². The molecule has 0 aliphatic carbocycles. The van der Waals surface area contributed by atoms with Crippen LogP contribution in [-0.4, -0.2) is 39.8 Å². The van der Waals surface area contributed by atoms with Crippen LogP contribution in [0, 0.1) is 6.92 Å². The number of hydrogen-bond donors (Lipinski definition) is 1. The lowest BCUT2D eigenvalue weighted by Gasteiger charge is -2.33. The van der Waals surface area contributed by atoms with Crippen molar-refractivity contribution in [3.8, 4) is 0 Å². The second-order valence-corrected chi connectivity index (χ2v) is 7.88. The van der Waals surface area contributed by atoms with Gasteiger partial charge in [-0.3, -0.25) is 9.88 Å². The van der Waals surface area contributed by atoms with E-state index in [1.807, 2.05) is 26.1 Å². The van der Waals surface area contributed by atoms with Crippen LogP contribution < -0.4 is 0 Å². The summed E-state index contributed by atoms with van der Waals surface area (Å²) in [6, 6.07) is 9.82. The highest BCUT2D eigenvalue weighted by Gasteiger charge is 2.33. The first-order chi connectivity index (χ1) is 12.9. The quantitative estimate of drug-likeness (QED) is 0.764. The van der Waals surface area contributed by atoms with E-state index in [0.717, 1.165) is 46.3 Å². The first-order valence-electron chi connectivity index (χ1n) is 9.43. The molecule has 0 saturated heterocycles. The Balaban J connectivity index is 1.89. The molecule has 0 saturated carbocycles. The van der Waals surface area contributed by atoms with Gasteiger partial charge in [0.15, 0.2) is 0 Å². The molecule has 2 atom stereocenters. The molecule has 2 aromatic heterocycles. The number of aromatic nitrogens is 2. The first-order valence-corrected chi connectivity index (χ1v) is 9.43. The topological polar surface area (TPSA) is 41.3 Å². The number of aryl methyl sites for hydroxylation is 1. The second-order valence-electron chi connectivity index (χ2n) is 7.88. The fourth-order valence-electron chi connectivity index (χ4n) is 4.30. The van der Waals surface area contributed by atoms with E-state index >= 15 is 0 Å². The molecule has 1 aromatic carbocycles. The number of fused-ring (bicyclic) bond motifs is 3. The van der Waals surface area contributed by atoms with Gasteiger partial charge >= 0.3 is 0 Å². The van der Waals surface area contributed by atoms with Gasteiger partial charge in [-0.15, -0.1) is 0 Å². The van der Waals surface area contributed by atoms with E-state index in [1.165, 1.54) is 0 Å². The van der Waals surface area contributed by atoms with Crippen LogP contribution in [-0.2, 0) is 18.6 Å². The number of hydrogen-bond acceptors (Lipinski definition) is 3. The number of rotatable bonds is 4. The normalized spacial score (nSPS) is 19.8. The minimum atomic E-state index is -1.06. The number of pyridine rings is 1. The zero-order valence-corrected chi connectivity index (χ0v) is 16.1. The predicted molar refractivity (Wildman–Crippen MR) is 106 cm³/mol. The van der Waals surface area contributed by atoms with Crippen molar-refractivity contribution in [2.45, 2.75) is 38.5 Å². The molecule has 3 heterocycles. The van der Waals surface area contributed by atoms with Gasteiger partial charge in [-0.2, -0.15) is 0 Å². The molecule has 0 spiro atoms. The summed E-state index contributed by atoms with van der Waals surface area (Å²) in [5.74, 6) is 0. The van der Waals surface area contributed by atoms with Crippen molar-refractivity contribution >= 4 is 10.9 Å². The predicted octanol–water partition coefficient (Wildman–Crippen LogP) is 3.75. The van der Waals surface area contributed by atoms with Crippen molar-refractivity contribution in [2.24, 2.45) is 0 Å². The third-order valence-electron chi connectivity index (χ3n) is 5.83. The summed E-state index contributed by atoms with van der Waals surface area (Å²) in [6.45, 7) is 4.70. The molecule has 4 rings (SSSR count). The van der Waals surface area contributed by atoms with Gasteiger partial charge in [0, 0.05) is 53.1 Å². The van der Waals surface area contributed by atoms with Gasteiger partial charge in [-0.1, -0.05) is 17.7 Å². The lowest BCUT2D eigenvalue weighted by molar-refractivity contribution is 0.0379. The lowest BCUT2D eigenvalue weighted by Crippen LogP contribution is -2.35. The number of nitrogens with zero attached hydrogens (tertiary/aromatic N) is 3. The van der Waals surface area contributed by atoms with Crippen molar-refractivity contribution in [1.82, 2.24) is 14.5 Å². The number of halogens is 1. The molecule has 3 aromatic rings. The minimum Gasteiger partial charge on any atom is -0.384 e. The smallest absolute Gasteiger partial charge is 0.109 e. The van der Waals surface area contributed by atoms with E-state index in [0.29, 0.717) is 6.54 Å². The summed E-state index contributed by atoms with van der Waals surface area (Å²) < 4.78 is 16.1. The molecule has 142 valence electrons. The Morgan fingerprint density at radius 1 is 1.33 bits per heavy atom. The van der Waals surface area contributed by atoms with Crippen molar-refractivity contribution in [2.75, 3.05) is 20.3 Å². The molecule has 1 aliphatic heterocycles. The molecule has 0 fully saturated rings. The van der Waals surface area contributed by atoms with Gasteiger partial charge in [0.05, 0.1) is 12.6 Å². The summed E-state index contributed by atoms with van der Waals surface area (Å²) >= 11 is 0. The summed E-state index contributed by atoms with van der Waals surface area (Å²) in [7, 11) is 1.98. The van der Waals surface area contributed by atoms with E-state index < -0.39 is 12.3 Å². The van der Waals surface area contributed by atoms with Crippen LogP contribution in [0.1, 0.15) is 35.3 Å². The lowest BCUT2D eigenvalue weighted by atomic mass is 9.95. The van der Waals surface area contributed by atoms with E-state index in [9.17, 15) is 9.50 Å². The third kappa shape index (κ3) is 3.05. The highest BCUT2D eigenvalue weighted by molar-refractivity contribution is 5.87. The number of benzene rings is 1. The fraction of sp³-hybridized carbons (Fsp3) is 0.409. The van der Waals surface area contributed by atoms with E-state index in [-0.39, 0.29) is 6.04 Å². The van der Waals surface area contributed by atoms with E-state index in [2.05, 4.69) is 39.6 Å². The van der Waals surface area contributed by atoms with Crippen LogP contribution in [0.2, 0.25) is 0 Å². The van der Waals surface area contributed by atoms with Gasteiger partial charge in [-0.05, 0) is 39.1 Å². The second kappa shape index (κ2) is 6.73. The summed E-state index contributed by atoms with van der Waals surface area (Å²) in [6.07, 6.45) is 4.26. The van der Waals surface area contributed by atoms with Crippen LogP contribution in [0.4, 0.5) is 4.39 Å². The Morgan fingerprint density at radius 2 is 2.15 bits per heavy atom. The highest BCUT2D eigenvalue weighted by Crippen LogP contribution is 2.39. The van der Waals surface area contributed by atoms with Gasteiger partial charge in [0.2, 0.25) is 0 Å². The molecule has 1 N–H and O–H groups in total. The SMILES string of the molecule is Cc1ccc2c(c1)c1c(n2CC(C)(O)c2cccnc2)CCN(C)C1CF. The Kier molecular flexibility index (Phi) is 4.52. The Morgan fingerprint density at radius 3 is 2.85 bits per heavy atom. The molecular weight excluding hydrogens is 341 g/mol. The first kappa shape index (κ1) is 18.1. The molecule has 27 heavy (non-hydrogen) atoms. The number of aliphatic hydroxyl groups is 1. The molecule has 0 amide bonds. The maximum absolute atomic E-state index is 13.9. The largest absolute Gasteiger partial charge is 0.384 e. The van der Waals surface area contributed by atoms with Crippen molar-refractivity contribution in [3.05, 3.63) is 65.1 Å². The maximum Gasteiger partial charge on any atom is 0.109 e. The standard InChI is InChI=1S/C22H26FN3O/c1-15-6-7-18-17(11-15)21-19(8-10-25(3)20(21)12-23)26(18)14-22(2,27)16-5-4-9-24-13-16/h4-7,9,11,13,20,27H,8,10,12,14H2,1-3H3. The monoisotopic (exact) mass is 367 g/mol. The van der Waals surface area contributed by atoms with Crippen LogP contribution in [0.15, 0.2) is 42.7 Å². The van der Waals surface area contributed by atoms with Crippen molar-refractivity contribution < 1.29 is 9.50 Å². The zero-order chi connectivity index (χ0) is 19.2. The number of alkyl halides is 1. The van der Waals surface area contributed by atoms with Gasteiger partial charge in [-0.25, -0.2) is 4.39 Å². The molecule has 0 bridgehead atoms. The molecule has 2 unspecified atom stereocenters. The van der Waals surface area contributed by atoms with Crippen LogP contribution in [0.3, 0.4) is 0 Å². The van der Waals surface area contributed by atoms with Crippen LogP contribution in [0.5, 0.6) is 0 Å². The number of likely N-dealkylation sites (N-methyl/N-ethyl adjacent to an activating group) is 1. The van der Waals surface area contributed by atoms with Gasteiger partial charge < -0.3 is 9.67 Å². The third-order valence-corrected chi connectivity index (χ3v) is 5.83. The fourth-order valence-corrected chi connectivity index (χ4v) is 4.30. The Hall–Kier alpha value is -2.24. The molecule has 4 nitrogen and oxygen atoms in total. The Labute approximate surface area is 159 Å². The van der Waals surface area contributed by atoms with Gasteiger partial charge in [0.1, 0.15) is 12.3 Å².